The number of benzene rings is 1. The van der Waals surface area contributed by atoms with Crippen LogP contribution in [-0.2, 0) is 4.79 Å². The molecule has 0 saturated heterocycles. The number of unbranched alkanes of at least 4 members (excludes halogenated alkanes) is 1. The molecule has 0 radical (unpaired) electrons. The summed E-state index contributed by atoms with van der Waals surface area (Å²) in [6.45, 7) is 1.93. The van der Waals surface area contributed by atoms with Crippen LogP contribution in [0, 0.1) is 5.82 Å². The number of carbonyl (C=O) groups is 2. The van der Waals surface area contributed by atoms with Crippen LogP contribution in [0.4, 0.5) is 4.39 Å². The molecule has 0 aliphatic heterocycles. The smallest absolute Gasteiger partial charge is 0.326 e. The first kappa shape index (κ1) is 15.6. The van der Waals surface area contributed by atoms with Gasteiger partial charge in [-0.2, -0.15) is 0 Å². The van der Waals surface area contributed by atoms with E-state index in [0.717, 1.165) is 6.42 Å². The van der Waals surface area contributed by atoms with Crippen LogP contribution >= 0.6 is 15.9 Å². The average molecular weight is 332 g/mol. The van der Waals surface area contributed by atoms with E-state index >= 15 is 0 Å². The van der Waals surface area contributed by atoms with Gasteiger partial charge >= 0.3 is 5.97 Å². The fourth-order valence-electron chi connectivity index (χ4n) is 1.58. The second-order valence-electron chi connectivity index (χ2n) is 4.11. The minimum atomic E-state index is -1.11. The normalized spacial score (nSPS) is 11.9. The predicted molar refractivity (Wildman–Crippen MR) is 72.5 cm³/mol. The molecule has 0 aromatic heterocycles. The van der Waals surface area contributed by atoms with E-state index in [1.807, 2.05) is 6.92 Å². The second kappa shape index (κ2) is 7.23. The molecule has 6 heteroatoms. The van der Waals surface area contributed by atoms with Crippen molar-refractivity contribution in [2.24, 2.45) is 0 Å². The van der Waals surface area contributed by atoms with Crippen LogP contribution in [0.25, 0.3) is 0 Å². The number of rotatable bonds is 6. The molecule has 19 heavy (non-hydrogen) atoms. The minimum absolute atomic E-state index is 0.167. The lowest BCUT2D eigenvalue weighted by Gasteiger charge is -2.14. The Morgan fingerprint density at radius 1 is 1.47 bits per heavy atom. The van der Waals surface area contributed by atoms with Crippen molar-refractivity contribution >= 4 is 27.8 Å². The van der Waals surface area contributed by atoms with E-state index in [0.29, 0.717) is 12.8 Å². The van der Waals surface area contributed by atoms with Crippen molar-refractivity contribution in [1.82, 2.24) is 5.32 Å². The van der Waals surface area contributed by atoms with Gasteiger partial charge in [0.1, 0.15) is 11.9 Å². The van der Waals surface area contributed by atoms with Crippen molar-refractivity contribution in [1.29, 1.82) is 0 Å². The van der Waals surface area contributed by atoms with E-state index in [4.69, 9.17) is 5.11 Å². The summed E-state index contributed by atoms with van der Waals surface area (Å²) < 4.78 is 13.9. The van der Waals surface area contributed by atoms with Gasteiger partial charge in [0.15, 0.2) is 0 Å². The molecule has 1 amide bonds. The number of aliphatic carboxylic acids is 1. The first-order valence-corrected chi connectivity index (χ1v) is 6.74. The quantitative estimate of drug-likeness (QED) is 0.842. The maximum absolute atomic E-state index is 13.7. The molecule has 0 aliphatic carbocycles. The van der Waals surface area contributed by atoms with Crippen LogP contribution in [0.1, 0.15) is 36.5 Å². The Labute approximate surface area is 119 Å². The molecule has 104 valence electrons. The minimum Gasteiger partial charge on any atom is -0.480 e. The third-order valence-corrected chi connectivity index (χ3v) is 3.26. The molecule has 0 aliphatic rings. The van der Waals surface area contributed by atoms with E-state index in [1.54, 1.807) is 0 Å². The molecule has 1 rings (SSSR count). The zero-order valence-corrected chi connectivity index (χ0v) is 12.0. The zero-order valence-electron chi connectivity index (χ0n) is 10.5. The van der Waals surface area contributed by atoms with Gasteiger partial charge in [0, 0.05) is 0 Å². The number of halogens is 2. The first-order valence-electron chi connectivity index (χ1n) is 5.95. The molecule has 1 unspecified atom stereocenters. The molecule has 4 nitrogen and oxygen atoms in total. The summed E-state index contributed by atoms with van der Waals surface area (Å²) in [5, 5.41) is 11.3. The summed E-state index contributed by atoms with van der Waals surface area (Å²) in [6.07, 6.45) is 1.83. The Kier molecular flexibility index (Phi) is 5.95. The van der Waals surface area contributed by atoms with Crippen molar-refractivity contribution in [3.63, 3.8) is 0 Å². The molecule has 0 fully saturated rings. The number of hydrogen-bond donors (Lipinski definition) is 2. The summed E-state index contributed by atoms with van der Waals surface area (Å²) in [5.41, 5.74) is -0.169. The first-order chi connectivity index (χ1) is 8.97. The number of carboxylic acids is 1. The van der Waals surface area contributed by atoms with E-state index in [2.05, 4.69) is 21.2 Å². The van der Waals surface area contributed by atoms with Gasteiger partial charge < -0.3 is 10.4 Å². The van der Waals surface area contributed by atoms with Gasteiger partial charge in [0.2, 0.25) is 0 Å². The van der Waals surface area contributed by atoms with E-state index in [1.165, 1.54) is 18.2 Å². The SMILES string of the molecule is CCCCC(NC(=O)c1cccc(Br)c1F)C(=O)O. The van der Waals surface area contributed by atoms with Crippen LogP contribution in [-0.4, -0.2) is 23.0 Å². The van der Waals surface area contributed by atoms with E-state index in [9.17, 15) is 14.0 Å². The highest BCUT2D eigenvalue weighted by atomic mass is 79.9. The summed E-state index contributed by atoms with van der Waals surface area (Å²) >= 11 is 2.98. The standard InChI is InChI=1S/C13H15BrFNO3/c1-2-3-7-10(13(18)19)16-12(17)8-5-4-6-9(14)11(8)15/h4-6,10H,2-3,7H2,1H3,(H,16,17)(H,18,19). The Balaban J connectivity index is 2.82. The molecule has 0 bridgehead atoms. The average Bonchev–Trinajstić information content (AvgIpc) is 2.37. The molecule has 0 spiro atoms. The van der Waals surface area contributed by atoms with Gasteiger partial charge in [0.05, 0.1) is 10.0 Å². The summed E-state index contributed by atoms with van der Waals surface area (Å²) in [7, 11) is 0. The maximum atomic E-state index is 13.7. The van der Waals surface area contributed by atoms with Crippen LogP contribution in [0.5, 0.6) is 0 Å². The number of nitrogens with one attached hydrogen (secondary N) is 1. The Morgan fingerprint density at radius 3 is 2.74 bits per heavy atom. The Bertz CT molecular complexity index is 479. The largest absolute Gasteiger partial charge is 0.480 e. The van der Waals surface area contributed by atoms with Crippen LogP contribution < -0.4 is 5.32 Å². The van der Waals surface area contributed by atoms with Crippen molar-refractivity contribution < 1.29 is 19.1 Å². The molecule has 2 N–H and O–H groups in total. The summed E-state index contributed by atoms with van der Waals surface area (Å²) in [5.74, 6) is -2.53. The monoisotopic (exact) mass is 331 g/mol. The van der Waals surface area contributed by atoms with E-state index < -0.39 is 23.7 Å². The summed E-state index contributed by atoms with van der Waals surface area (Å²) in [4.78, 5) is 22.9. The molecule has 1 aromatic carbocycles. The Hall–Kier alpha value is -1.43. The van der Waals surface area contributed by atoms with Crippen molar-refractivity contribution in [2.45, 2.75) is 32.2 Å². The number of hydrogen-bond acceptors (Lipinski definition) is 2. The number of carbonyl (C=O) groups excluding carboxylic acids is 1. The maximum Gasteiger partial charge on any atom is 0.326 e. The van der Waals surface area contributed by atoms with Gasteiger partial charge in [-0.05, 0) is 34.5 Å². The molecular formula is C13H15BrFNO3. The van der Waals surface area contributed by atoms with Crippen molar-refractivity contribution in [2.75, 3.05) is 0 Å². The van der Waals surface area contributed by atoms with Crippen LogP contribution in [0.3, 0.4) is 0 Å². The lowest BCUT2D eigenvalue weighted by atomic mass is 10.1. The highest BCUT2D eigenvalue weighted by Crippen LogP contribution is 2.18. The van der Waals surface area contributed by atoms with Gasteiger partial charge in [0.25, 0.3) is 5.91 Å². The van der Waals surface area contributed by atoms with Crippen LogP contribution in [0.2, 0.25) is 0 Å². The molecule has 1 aromatic rings. The highest BCUT2D eigenvalue weighted by Gasteiger charge is 2.22. The van der Waals surface area contributed by atoms with Crippen LogP contribution in [0.15, 0.2) is 22.7 Å². The predicted octanol–water partition coefficient (Wildman–Crippen LogP) is 2.96. The third kappa shape index (κ3) is 4.31. The third-order valence-electron chi connectivity index (χ3n) is 2.65. The topological polar surface area (TPSA) is 66.4 Å². The fraction of sp³-hybridized carbons (Fsp3) is 0.385. The summed E-state index contributed by atoms with van der Waals surface area (Å²) in [6, 6.07) is 3.31. The van der Waals surface area contributed by atoms with Crippen molar-refractivity contribution in [3.05, 3.63) is 34.1 Å². The fourth-order valence-corrected chi connectivity index (χ4v) is 1.95. The number of amides is 1. The van der Waals surface area contributed by atoms with E-state index in [-0.39, 0.29) is 10.0 Å². The van der Waals surface area contributed by atoms with Gasteiger partial charge in [-0.3, -0.25) is 4.79 Å². The van der Waals surface area contributed by atoms with Gasteiger partial charge in [-0.15, -0.1) is 0 Å². The molecule has 1 atom stereocenters. The van der Waals surface area contributed by atoms with Crippen molar-refractivity contribution in [3.8, 4) is 0 Å². The zero-order chi connectivity index (χ0) is 14.4. The van der Waals surface area contributed by atoms with Gasteiger partial charge in [-0.25, -0.2) is 9.18 Å². The second-order valence-corrected chi connectivity index (χ2v) is 4.96. The van der Waals surface area contributed by atoms with Gasteiger partial charge in [-0.1, -0.05) is 25.8 Å². The molecular weight excluding hydrogens is 317 g/mol. The molecule has 0 heterocycles. The lowest BCUT2D eigenvalue weighted by molar-refractivity contribution is -0.139. The Morgan fingerprint density at radius 2 is 2.16 bits per heavy atom. The molecule has 0 saturated carbocycles. The number of carboxylic acid groups (broad SMARTS) is 1. The highest BCUT2D eigenvalue weighted by molar-refractivity contribution is 9.10. The lowest BCUT2D eigenvalue weighted by Crippen LogP contribution is -2.41.